The Morgan fingerprint density at radius 3 is 2.95 bits per heavy atom. The number of aliphatic hydroxyl groups is 1. The number of anilines is 1. The molecule has 1 N–H and O–H groups in total. The Kier molecular flexibility index (Phi) is 4.36. The van der Waals surface area contributed by atoms with Gasteiger partial charge in [-0.3, -0.25) is 0 Å². The lowest BCUT2D eigenvalue weighted by Gasteiger charge is -2.25. The van der Waals surface area contributed by atoms with Crippen molar-refractivity contribution in [1.29, 1.82) is 0 Å². The number of benzene rings is 1. The molecule has 118 valence electrons. The van der Waals surface area contributed by atoms with Crippen LogP contribution in [0.1, 0.15) is 26.7 Å². The van der Waals surface area contributed by atoms with Crippen molar-refractivity contribution in [2.75, 3.05) is 18.1 Å². The van der Waals surface area contributed by atoms with Crippen molar-refractivity contribution in [2.24, 2.45) is 0 Å². The molecule has 1 atom stereocenters. The highest BCUT2D eigenvalue weighted by atomic mass is 35.5. The van der Waals surface area contributed by atoms with Crippen LogP contribution in [0.25, 0.3) is 10.9 Å². The summed E-state index contributed by atoms with van der Waals surface area (Å²) in [6.07, 6.45) is 2.05. The highest BCUT2D eigenvalue weighted by molar-refractivity contribution is 6.29. The monoisotopic (exact) mass is 321 g/mol. The van der Waals surface area contributed by atoms with Crippen LogP contribution >= 0.6 is 11.6 Å². The summed E-state index contributed by atoms with van der Waals surface area (Å²) in [7, 11) is 0. The standard InChI is InChI=1S/C16H20ClN3O2/c1-10(2)22-13-7-3-6-12-14(13)18-16(17)19-15(12)20-8-4-5-11(20)9-21/h3,6-7,10-11,21H,4-5,8-9H2,1-2H3. The van der Waals surface area contributed by atoms with Crippen LogP contribution in [0.4, 0.5) is 5.82 Å². The molecular formula is C16H20ClN3O2. The van der Waals surface area contributed by atoms with Gasteiger partial charge in [-0.2, -0.15) is 4.98 Å². The molecule has 2 aromatic rings. The second kappa shape index (κ2) is 6.26. The lowest BCUT2D eigenvalue weighted by molar-refractivity contribution is 0.245. The first-order chi connectivity index (χ1) is 10.6. The van der Waals surface area contributed by atoms with Gasteiger partial charge in [0.05, 0.1) is 18.8 Å². The van der Waals surface area contributed by atoms with E-state index in [1.165, 1.54) is 0 Å². The Morgan fingerprint density at radius 1 is 1.41 bits per heavy atom. The van der Waals surface area contributed by atoms with Gasteiger partial charge in [0.15, 0.2) is 0 Å². The minimum atomic E-state index is 0.0553. The molecule has 1 unspecified atom stereocenters. The topological polar surface area (TPSA) is 58.5 Å². The zero-order valence-corrected chi connectivity index (χ0v) is 13.5. The molecule has 22 heavy (non-hydrogen) atoms. The Bertz CT molecular complexity index is 678. The minimum Gasteiger partial charge on any atom is -0.489 e. The quantitative estimate of drug-likeness (QED) is 0.877. The van der Waals surface area contributed by atoms with E-state index in [1.807, 2.05) is 32.0 Å². The van der Waals surface area contributed by atoms with E-state index in [0.29, 0.717) is 5.75 Å². The molecule has 0 aliphatic carbocycles. The first kappa shape index (κ1) is 15.3. The van der Waals surface area contributed by atoms with E-state index >= 15 is 0 Å². The van der Waals surface area contributed by atoms with Gasteiger partial charge in [-0.05, 0) is 50.4 Å². The Morgan fingerprint density at radius 2 is 2.23 bits per heavy atom. The van der Waals surface area contributed by atoms with Crippen LogP contribution in [0.3, 0.4) is 0 Å². The molecule has 0 radical (unpaired) electrons. The average Bonchev–Trinajstić information content (AvgIpc) is 2.95. The highest BCUT2D eigenvalue weighted by Gasteiger charge is 2.27. The molecule has 3 rings (SSSR count). The molecule has 2 heterocycles. The Balaban J connectivity index is 2.14. The Hall–Kier alpha value is -1.59. The fraction of sp³-hybridized carbons (Fsp3) is 0.500. The van der Waals surface area contributed by atoms with Crippen LogP contribution in [0.2, 0.25) is 5.28 Å². The van der Waals surface area contributed by atoms with E-state index in [-0.39, 0.29) is 24.0 Å². The van der Waals surface area contributed by atoms with Crippen molar-refractivity contribution in [3.8, 4) is 5.75 Å². The molecule has 1 aliphatic heterocycles. The number of aliphatic hydroxyl groups excluding tert-OH is 1. The number of hydrogen-bond acceptors (Lipinski definition) is 5. The van der Waals surface area contributed by atoms with Crippen LogP contribution in [0.15, 0.2) is 18.2 Å². The fourth-order valence-corrected chi connectivity index (χ4v) is 3.12. The molecule has 0 bridgehead atoms. The van der Waals surface area contributed by atoms with E-state index in [1.54, 1.807) is 0 Å². The van der Waals surface area contributed by atoms with E-state index < -0.39 is 0 Å². The van der Waals surface area contributed by atoms with Gasteiger partial charge in [-0.1, -0.05) is 6.07 Å². The number of nitrogens with zero attached hydrogens (tertiary/aromatic N) is 3. The molecule has 0 amide bonds. The van der Waals surface area contributed by atoms with Crippen molar-refractivity contribution in [2.45, 2.75) is 38.8 Å². The predicted octanol–water partition coefficient (Wildman–Crippen LogP) is 3.03. The summed E-state index contributed by atoms with van der Waals surface area (Å²) in [5.41, 5.74) is 0.717. The number of para-hydroxylation sites is 1. The van der Waals surface area contributed by atoms with Gasteiger partial charge in [-0.15, -0.1) is 0 Å². The van der Waals surface area contributed by atoms with Crippen molar-refractivity contribution in [1.82, 2.24) is 9.97 Å². The van der Waals surface area contributed by atoms with Gasteiger partial charge < -0.3 is 14.7 Å². The molecule has 1 fully saturated rings. The van der Waals surface area contributed by atoms with Crippen LogP contribution in [0, 0.1) is 0 Å². The summed E-state index contributed by atoms with van der Waals surface area (Å²) >= 11 is 6.13. The third kappa shape index (κ3) is 2.83. The second-order valence-corrected chi connectivity index (χ2v) is 6.15. The molecule has 6 heteroatoms. The summed E-state index contributed by atoms with van der Waals surface area (Å²) in [4.78, 5) is 10.9. The van der Waals surface area contributed by atoms with Crippen molar-refractivity contribution in [3.05, 3.63) is 23.5 Å². The SMILES string of the molecule is CC(C)Oc1cccc2c(N3CCCC3CO)nc(Cl)nc12. The summed E-state index contributed by atoms with van der Waals surface area (Å²) in [5, 5.41) is 10.7. The summed E-state index contributed by atoms with van der Waals surface area (Å²) < 4.78 is 5.84. The van der Waals surface area contributed by atoms with Gasteiger partial charge in [0, 0.05) is 11.9 Å². The molecule has 1 aromatic carbocycles. The maximum atomic E-state index is 9.57. The lowest BCUT2D eigenvalue weighted by atomic mass is 10.2. The largest absolute Gasteiger partial charge is 0.489 e. The molecule has 1 aromatic heterocycles. The van der Waals surface area contributed by atoms with Crippen LogP contribution in [-0.2, 0) is 0 Å². The van der Waals surface area contributed by atoms with Gasteiger partial charge >= 0.3 is 0 Å². The molecule has 1 saturated heterocycles. The van der Waals surface area contributed by atoms with Gasteiger partial charge in [0.25, 0.3) is 0 Å². The molecule has 0 spiro atoms. The van der Waals surface area contributed by atoms with Crippen molar-refractivity contribution in [3.63, 3.8) is 0 Å². The summed E-state index contributed by atoms with van der Waals surface area (Å²) in [5.74, 6) is 1.48. The number of ether oxygens (including phenoxy) is 1. The summed E-state index contributed by atoms with van der Waals surface area (Å²) in [6.45, 7) is 4.93. The molecule has 1 aliphatic rings. The lowest BCUT2D eigenvalue weighted by Crippen LogP contribution is -2.33. The first-order valence-corrected chi connectivity index (χ1v) is 7.98. The number of fused-ring (bicyclic) bond motifs is 1. The Labute approximate surface area is 134 Å². The smallest absolute Gasteiger partial charge is 0.225 e. The van der Waals surface area contributed by atoms with Gasteiger partial charge in [0.2, 0.25) is 5.28 Å². The fourth-order valence-electron chi connectivity index (χ4n) is 2.96. The maximum Gasteiger partial charge on any atom is 0.225 e. The molecule has 5 nitrogen and oxygen atoms in total. The van der Waals surface area contributed by atoms with Crippen LogP contribution in [0.5, 0.6) is 5.75 Å². The number of hydrogen-bond donors (Lipinski definition) is 1. The third-order valence-corrected chi connectivity index (χ3v) is 4.03. The average molecular weight is 322 g/mol. The van der Waals surface area contributed by atoms with E-state index in [9.17, 15) is 5.11 Å². The van der Waals surface area contributed by atoms with Crippen molar-refractivity contribution < 1.29 is 9.84 Å². The normalized spacial score (nSPS) is 18.4. The van der Waals surface area contributed by atoms with E-state index in [4.69, 9.17) is 16.3 Å². The van der Waals surface area contributed by atoms with Crippen LogP contribution in [-0.4, -0.2) is 40.4 Å². The second-order valence-electron chi connectivity index (χ2n) is 5.81. The zero-order chi connectivity index (χ0) is 15.7. The maximum absolute atomic E-state index is 9.57. The molecule has 0 saturated carbocycles. The highest BCUT2D eigenvalue weighted by Crippen LogP contribution is 2.34. The number of aromatic nitrogens is 2. The zero-order valence-electron chi connectivity index (χ0n) is 12.8. The predicted molar refractivity (Wildman–Crippen MR) is 87.8 cm³/mol. The third-order valence-electron chi connectivity index (χ3n) is 3.86. The van der Waals surface area contributed by atoms with Crippen molar-refractivity contribution >= 4 is 28.3 Å². The van der Waals surface area contributed by atoms with E-state index in [0.717, 1.165) is 36.1 Å². The number of rotatable bonds is 4. The van der Waals surface area contributed by atoms with E-state index in [2.05, 4.69) is 14.9 Å². The molecular weight excluding hydrogens is 302 g/mol. The van der Waals surface area contributed by atoms with Gasteiger partial charge in [-0.25, -0.2) is 4.98 Å². The van der Waals surface area contributed by atoms with Crippen LogP contribution < -0.4 is 9.64 Å². The minimum absolute atomic E-state index is 0.0553. The van der Waals surface area contributed by atoms with Gasteiger partial charge in [0.1, 0.15) is 17.1 Å². The first-order valence-electron chi connectivity index (χ1n) is 7.60. The number of halogens is 1. The summed E-state index contributed by atoms with van der Waals surface area (Å²) in [6, 6.07) is 5.89.